The third-order valence-electron chi connectivity index (χ3n) is 5.03. The van der Waals surface area contributed by atoms with Gasteiger partial charge >= 0.3 is 0 Å². The van der Waals surface area contributed by atoms with Gasteiger partial charge in [0, 0.05) is 66.5 Å². The average molecular weight is 346 g/mol. The van der Waals surface area contributed by atoms with E-state index in [9.17, 15) is 4.39 Å². The number of aliphatic imine (C=N–C) groups is 1. The van der Waals surface area contributed by atoms with E-state index < -0.39 is 6.17 Å². The lowest BCUT2D eigenvalue weighted by Crippen LogP contribution is -2.27. The van der Waals surface area contributed by atoms with Crippen molar-refractivity contribution in [3.05, 3.63) is 46.3 Å². The van der Waals surface area contributed by atoms with E-state index in [1.54, 1.807) is 0 Å². The highest BCUT2D eigenvalue weighted by molar-refractivity contribution is 6.31. The number of likely N-dealkylation sites (N-methyl/N-ethyl adjacent to an activating group) is 1. The molecule has 0 saturated heterocycles. The predicted octanol–water partition coefficient (Wildman–Crippen LogP) is 4.37. The molecule has 5 heteroatoms. The number of hydrogen-bond acceptors (Lipinski definition) is 2. The molecule has 1 unspecified atom stereocenters. The zero-order chi connectivity index (χ0) is 16.7. The first-order valence-electron chi connectivity index (χ1n) is 8.45. The Morgan fingerprint density at radius 3 is 3.08 bits per heavy atom. The molecule has 1 aromatic heterocycles. The maximum absolute atomic E-state index is 13.5. The second kappa shape index (κ2) is 6.34. The topological polar surface area (TPSA) is 20.5 Å². The highest BCUT2D eigenvalue weighted by Gasteiger charge is 2.22. The van der Waals surface area contributed by atoms with Gasteiger partial charge in [-0.2, -0.15) is 0 Å². The zero-order valence-corrected chi connectivity index (χ0v) is 14.6. The van der Waals surface area contributed by atoms with Gasteiger partial charge in [-0.05, 0) is 42.8 Å². The van der Waals surface area contributed by atoms with Gasteiger partial charge in [0.2, 0.25) is 0 Å². The van der Waals surface area contributed by atoms with Crippen molar-refractivity contribution in [2.24, 2.45) is 4.99 Å². The molecular weight excluding hydrogens is 325 g/mol. The molecular formula is C19H21ClFN3. The Balaban J connectivity index is 1.70. The Labute approximate surface area is 146 Å². The van der Waals surface area contributed by atoms with Crippen molar-refractivity contribution in [2.75, 3.05) is 13.6 Å². The van der Waals surface area contributed by atoms with Crippen LogP contribution in [0.15, 0.2) is 35.0 Å². The number of rotatable bonds is 3. The quantitative estimate of drug-likeness (QED) is 0.809. The number of halogens is 2. The van der Waals surface area contributed by atoms with Gasteiger partial charge in [-0.25, -0.2) is 4.39 Å². The maximum Gasteiger partial charge on any atom is 0.139 e. The minimum absolute atomic E-state index is 0.472. The molecule has 4 rings (SSSR count). The van der Waals surface area contributed by atoms with Gasteiger partial charge in [0.1, 0.15) is 6.17 Å². The molecule has 2 aliphatic rings. The van der Waals surface area contributed by atoms with Gasteiger partial charge in [0.15, 0.2) is 0 Å². The SMILES string of the molecule is CN1CCc2c(c3cc(Cl)ccc3n2CCC2=CN=CC(F)C2)C1. The molecule has 1 atom stereocenters. The summed E-state index contributed by atoms with van der Waals surface area (Å²) in [6.07, 6.45) is 4.62. The number of fused-ring (bicyclic) bond motifs is 3. The monoisotopic (exact) mass is 345 g/mol. The summed E-state index contributed by atoms with van der Waals surface area (Å²) in [6.45, 7) is 2.89. The molecule has 0 fully saturated rings. The van der Waals surface area contributed by atoms with Crippen LogP contribution in [0.5, 0.6) is 0 Å². The average Bonchev–Trinajstić information content (AvgIpc) is 2.85. The van der Waals surface area contributed by atoms with E-state index >= 15 is 0 Å². The molecule has 0 saturated carbocycles. The largest absolute Gasteiger partial charge is 0.344 e. The molecule has 0 bridgehead atoms. The fourth-order valence-electron chi connectivity index (χ4n) is 3.83. The molecule has 3 nitrogen and oxygen atoms in total. The summed E-state index contributed by atoms with van der Waals surface area (Å²) in [5.74, 6) is 0. The zero-order valence-electron chi connectivity index (χ0n) is 13.8. The Hall–Kier alpha value is -1.65. The lowest BCUT2D eigenvalue weighted by molar-refractivity contribution is 0.309. The summed E-state index contributed by atoms with van der Waals surface area (Å²) >= 11 is 6.23. The lowest BCUT2D eigenvalue weighted by Gasteiger charge is -2.24. The highest BCUT2D eigenvalue weighted by atomic mass is 35.5. The number of aromatic nitrogens is 1. The minimum atomic E-state index is -0.937. The summed E-state index contributed by atoms with van der Waals surface area (Å²) in [6, 6.07) is 6.14. The van der Waals surface area contributed by atoms with Crippen LogP contribution in [0.2, 0.25) is 5.02 Å². The van der Waals surface area contributed by atoms with Crippen molar-refractivity contribution in [2.45, 2.75) is 38.5 Å². The van der Waals surface area contributed by atoms with Crippen molar-refractivity contribution >= 4 is 28.7 Å². The van der Waals surface area contributed by atoms with Crippen molar-refractivity contribution in [3.8, 4) is 0 Å². The Bertz CT molecular complexity index is 837. The summed E-state index contributed by atoms with van der Waals surface area (Å²) in [5.41, 5.74) is 5.11. The van der Waals surface area contributed by atoms with E-state index in [1.807, 2.05) is 12.3 Å². The summed E-state index contributed by atoms with van der Waals surface area (Å²) in [4.78, 5) is 6.36. The minimum Gasteiger partial charge on any atom is -0.344 e. The Morgan fingerprint density at radius 2 is 2.25 bits per heavy atom. The van der Waals surface area contributed by atoms with Crippen LogP contribution >= 0.6 is 11.6 Å². The normalized spacial score (nSPS) is 21.1. The summed E-state index contributed by atoms with van der Waals surface area (Å²) in [5, 5.41) is 2.03. The molecule has 0 N–H and O–H groups in total. The molecule has 2 aliphatic heterocycles. The second-order valence-corrected chi connectivity index (χ2v) is 7.22. The van der Waals surface area contributed by atoms with E-state index in [4.69, 9.17) is 11.6 Å². The highest BCUT2D eigenvalue weighted by Crippen LogP contribution is 2.33. The van der Waals surface area contributed by atoms with Gasteiger partial charge in [0.25, 0.3) is 0 Å². The first kappa shape index (κ1) is 15.9. The number of hydrogen-bond donors (Lipinski definition) is 0. The molecule has 0 radical (unpaired) electrons. The van der Waals surface area contributed by atoms with Gasteiger partial charge in [0.05, 0.1) is 0 Å². The molecule has 0 spiro atoms. The van der Waals surface area contributed by atoms with E-state index in [-0.39, 0.29) is 0 Å². The number of allylic oxidation sites excluding steroid dienone is 1. The lowest BCUT2D eigenvalue weighted by atomic mass is 10.0. The molecule has 24 heavy (non-hydrogen) atoms. The summed E-state index contributed by atoms with van der Waals surface area (Å²) in [7, 11) is 2.16. The van der Waals surface area contributed by atoms with Gasteiger partial charge in [-0.3, -0.25) is 4.99 Å². The molecule has 126 valence electrons. The van der Waals surface area contributed by atoms with Crippen LogP contribution in [0.3, 0.4) is 0 Å². The van der Waals surface area contributed by atoms with E-state index in [1.165, 1.54) is 28.4 Å². The van der Waals surface area contributed by atoms with E-state index in [0.29, 0.717) is 6.42 Å². The standard InChI is InChI=1S/C19H21ClFN3/c1-23-6-5-19-17(12-23)16-9-14(20)2-3-18(16)24(19)7-4-13-8-15(21)11-22-10-13/h2-3,9-11,15H,4-8,12H2,1H3. The van der Waals surface area contributed by atoms with Crippen molar-refractivity contribution in [3.63, 3.8) is 0 Å². The first-order valence-corrected chi connectivity index (χ1v) is 8.83. The van der Waals surface area contributed by atoms with Gasteiger partial charge < -0.3 is 9.47 Å². The van der Waals surface area contributed by atoms with Crippen LogP contribution in [0.1, 0.15) is 24.1 Å². The number of alkyl halides is 1. The van der Waals surface area contributed by atoms with Crippen molar-refractivity contribution in [1.29, 1.82) is 0 Å². The fraction of sp³-hybridized carbons (Fsp3) is 0.421. The smallest absolute Gasteiger partial charge is 0.139 e. The van der Waals surface area contributed by atoms with Gasteiger partial charge in [-0.15, -0.1) is 0 Å². The molecule has 1 aromatic carbocycles. The summed E-state index contributed by atoms with van der Waals surface area (Å²) < 4.78 is 15.9. The van der Waals surface area contributed by atoms with Crippen LogP contribution in [0.25, 0.3) is 10.9 Å². The number of benzene rings is 1. The van der Waals surface area contributed by atoms with Crippen LogP contribution in [0, 0.1) is 0 Å². The molecule has 3 heterocycles. The van der Waals surface area contributed by atoms with Crippen LogP contribution in [-0.2, 0) is 19.5 Å². The third-order valence-corrected chi connectivity index (χ3v) is 5.26. The predicted molar refractivity (Wildman–Crippen MR) is 97.7 cm³/mol. The second-order valence-electron chi connectivity index (χ2n) is 6.78. The van der Waals surface area contributed by atoms with Crippen LogP contribution in [-0.4, -0.2) is 35.4 Å². The Morgan fingerprint density at radius 1 is 1.38 bits per heavy atom. The molecule has 0 aliphatic carbocycles. The van der Waals surface area contributed by atoms with Crippen molar-refractivity contribution in [1.82, 2.24) is 9.47 Å². The third kappa shape index (κ3) is 2.89. The van der Waals surface area contributed by atoms with E-state index in [2.05, 4.69) is 33.6 Å². The molecule has 0 amide bonds. The van der Waals surface area contributed by atoms with Gasteiger partial charge in [-0.1, -0.05) is 11.6 Å². The molecule has 2 aromatic rings. The van der Waals surface area contributed by atoms with Crippen LogP contribution < -0.4 is 0 Å². The van der Waals surface area contributed by atoms with Crippen LogP contribution in [0.4, 0.5) is 4.39 Å². The van der Waals surface area contributed by atoms with E-state index in [0.717, 1.165) is 43.1 Å². The Kier molecular flexibility index (Phi) is 4.19. The fourth-order valence-corrected chi connectivity index (χ4v) is 4.00. The van der Waals surface area contributed by atoms with Crippen molar-refractivity contribution < 1.29 is 4.39 Å². The first-order chi connectivity index (χ1) is 11.6. The maximum atomic E-state index is 13.5. The number of aryl methyl sites for hydroxylation is 1. The number of nitrogens with zero attached hydrogens (tertiary/aromatic N) is 3.